The maximum atomic E-state index is 11.6. The molecule has 184 valence electrons. The zero-order valence-corrected chi connectivity index (χ0v) is 20.8. The van der Waals surface area contributed by atoms with Gasteiger partial charge in [0.25, 0.3) is 0 Å². The molecule has 34 heavy (non-hydrogen) atoms. The van der Waals surface area contributed by atoms with Crippen LogP contribution in [-0.2, 0) is 4.79 Å². The van der Waals surface area contributed by atoms with E-state index in [1.807, 2.05) is 32.2 Å². The highest BCUT2D eigenvalue weighted by molar-refractivity contribution is 5.94. The Bertz CT molecular complexity index is 909. The van der Waals surface area contributed by atoms with E-state index in [4.69, 9.17) is 10.7 Å². The van der Waals surface area contributed by atoms with Crippen molar-refractivity contribution in [3.8, 4) is 11.1 Å². The number of benzene rings is 1. The summed E-state index contributed by atoms with van der Waals surface area (Å²) in [6.07, 6.45) is 12.5. The predicted octanol–water partition coefficient (Wildman–Crippen LogP) is 5.27. The number of hydrogen-bond donors (Lipinski definition) is 1. The summed E-state index contributed by atoms with van der Waals surface area (Å²) < 4.78 is 0. The van der Waals surface area contributed by atoms with Crippen molar-refractivity contribution < 1.29 is 9.59 Å². The number of carbonyl (C=O) groups is 2. The number of piperidine rings is 1. The largest absolute Gasteiger partial charge is 0.366 e. The third-order valence-corrected chi connectivity index (χ3v) is 7.05. The lowest BCUT2D eigenvalue weighted by atomic mass is 9.92. The molecule has 0 spiro atoms. The minimum atomic E-state index is -0.424. The van der Waals surface area contributed by atoms with Crippen LogP contribution in [0.5, 0.6) is 0 Å². The fraction of sp³-hybridized carbons (Fsp3) is 0.536. The Kier molecular flexibility index (Phi) is 9.92. The molecular formula is C28H40N4O2. The van der Waals surface area contributed by atoms with Gasteiger partial charge in [0, 0.05) is 43.0 Å². The maximum absolute atomic E-state index is 11.6. The molecule has 1 aromatic carbocycles. The minimum Gasteiger partial charge on any atom is -0.366 e. The monoisotopic (exact) mass is 464 g/mol. The molecule has 2 amide bonds. The lowest BCUT2D eigenvalue weighted by Crippen LogP contribution is -2.40. The number of amides is 2. The number of carbonyl (C=O) groups excluding carboxylic acids is 2. The highest BCUT2D eigenvalue weighted by Crippen LogP contribution is 2.28. The second-order valence-electron chi connectivity index (χ2n) is 9.23. The number of primary amides is 1. The Hall–Kier alpha value is -2.89. The first-order chi connectivity index (χ1) is 16.6. The van der Waals surface area contributed by atoms with Crippen molar-refractivity contribution in [1.82, 2.24) is 9.88 Å². The highest BCUT2D eigenvalue weighted by Gasteiger charge is 2.24. The third-order valence-electron chi connectivity index (χ3n) is 7.05. The number of aromatic nitrogens is 1. The summed E-state index contributed by atoms with van der Waals surface area (Å²) in [6.45, 7) is 6.87. The summed E-state index contributed by atoms with van der Waals surface area (Å²) in [5.41, 5.74) is 7.82. The van der Waals surface area contributed by atoms with E-state index in [1.165, 1.54) is 25.7 Å². The smallest absolute Gasteiger partial charge is 0.248 e. The van der Waals surface area contributed by atoms with Crippen LogP contribution in [0.15, 0.2) is 42.6 Å². The van der Waals surface area contributed by atoms with Gasteiger partial charge >= 0.3 is 0 Å². The van der Waals surface area contributed by atoms with E-state index < -0.39 is 5.91 Å². The second-order valence-corrected chi connectivity index (χ2v) is 9.23. The summed E-state index contributed by atoms with van der Waals surface area (Å²) in [7, 11) is 0. The van der Waals surface area contributed by atoms with Crippen molar-refractivity contribution in [2.45, 2.75) is 71.3 Å². The van der Waals surface area contributed by atoms with Gasteiger partial charge in [-0.1, -0.05) is 45.2 Å². The van der Waals surface area contributed by atoms with Gasteiger partial charge in [-0.15, -0.1) is 0 Å². The van der Waals surface area contributed by atoms with E-state index in [-0.39, 0.29) is 0 Å². The first-order valence-corrected chi connectivity index (χ1v) is 13.0. The normalized spacial score (nSPS) is 18.5. The molecule has 2 aromatic rings. The molecule has 6 heteroatoms. The Morgan fingerprint density at radius 2 is 1.88 bits per heavy atom. The molecule has 2 fully saturated rings. The van der Waals surface area contributed by atoms with Crippen molar-refractivity contribution in [2.75, 3.05) is 24.5 Å². The van der Waals surface area contributed by atoms with E-state index >= 15 is 0 Å². The quantitative estimate of drug-likeness (QED) is 0.540. The number of pyridine rings is 1. The van der Waals surface area contributed by atoms with Crippen LogP contribution in [0.2, 0.25) is 0 Å². The first kappa shape index (κ1) is 25.7. The SMILES string of the molecule is CC.NC(=O)c1cccc(-c2ccc(N3CCCC(CCN(C=O)C4CCCCC4)C3)nc2)c1. The lowest BCUT2D eigenvalue weighted by Gasteiger charge is -2.36. The van der Waals surface area contributed by atoms with Crippen molar-refractivity contribution in [3.63, 3.8) is 0 Å². The standard InChI is InChI=1S/C26H34N4O2.C2H6/c27-26(32)22-8-4-7-21(16-22)23-11-12-25(28-17-23)29-14-5-6-20(18-29)13-15-30(19-31)24-9-2-1-3-10-24;1-2/h4,7-8,11-12,16-17,19-20,24H,1-3,5-6,9-10,13-15,18H2,(H2,27,32);1-2H3. The number of nitrogens with zero attached hydrogens (tertiary/aromatic N) is 3. The van der Waals surface area contributed by atoms with Crippen molar-refractivity contribution in [3.05, 3.63) is 48.2 Å². The van der Waals surface area contributed by atoms with Crippen LogP contribution in [0.1, 0.15) is 75.6 Å². The van der Waals surface area contributed by atoms with E-state index in [0.717, 1.165) is 68.7 Å². The summed E-state index contributed by atoms with van der Waals surface area (Å²) in [4.78, 5) is 32.2. The van der Waals surface area contributed by atoms with Crippen molar-refractivity contribution >= 4 is 18.1 Å². The number of rotatable bonds is 8. The summed E-state index contributed by atoms with van der Waals surface area (Å²) in [5.74, 6) is 1.15. The van der Waals surface area contributed by atoms with Gasteiger partial charge in [-0.2, -0.15) is 0 Å². The fourth-order valence-corrected chi connectivity index (χ4v) is 5.17. The molecule has 2 aliphatic rings. The van der Waals surface area contributed by atoms with Gasteiger partial charge in [-0.25, -0.2) is 4.98 Å². The topological polar surface area (TPSA) is 79.5 Å². The van der Waals surface area contributed by atoms with Crippen LogP contribution >= 0.6 is 0 Å². The first-order valence-electron chi connectivity index (χ1n) is 13.0. The van der Waals surface area contributed by atoms with Crippen molar-refractivity contribution in [2.24, 2.45) is 11.7 Å². The average Bonchev–Trinajstić information content (AvgIpc) is 2.91. The van der Waals surface area contributed by atoms with Gasteiger partial charge in [0.15, 0.2) is 0 Å². The molecule has 1 saturated carbocycles. The van der Waals surface area contributed by atoms with Gasteiger partial charge in [0.1, 0.15) is 5.82 Å². The van der Waals surface area contributed by atoms with E-state index in [1.54, 1.807) is 12.1 Å². The molecule has 2 N–H and O–H groups in total. The Morgan fingerprint density at radius 3 is 2.56 bits per heavy atom. The molecule has 1 aliphatic carbocycles. The molecule has 1 aliphatic heterocycles. The minimum absolute atomic E-state index is 0.424. The molecule has 1 unspecified atom stereocenters. The van der Waals surface area contributed by atoms with Crippen LogP contribution in [0.4, 0.5) is 5.82 Å². The lowest BCUT2D eigenvalue weighted by molar-refractivity contribution is -0.121. The highest BCUT2D eigenvalue weighted by atomic mass is 16.1. The Morgan fingerprint density at radius 1 is 1.09 bits per heavy atom. The number of anilines is 1. The third kappa shape index (κ3) is 6.81. The van der Waals surface area contributed by atoms with E-state index in [9.17, 15) is 9.59 Å². The van der Waals surface area contributed by atoms with Crippen LogP contribution in [0.3, 0.4) is 0 Å². The van der Waals surface area contributed by atoms with Crippen molar-refractivity contribution in [1.29, 1.82) is 0 Å². The maximum Gasteiger partial charge on any atom is 0.248 e. The van der Waals surface area contributed by atoms with E-state index in [2.05, 4.69) is 21.9 Å². The molecule has 1 saturated heterocycles. The second kappa shape index (κ2) is 13.1. The number of nitrogens with two attached hydrogens (primary N) is 1. The summed E-state index contributed by atoms with van der Waals surface area (Å²) >= 11 is 0. The molecule has 2 heterocycles. The average molecular weight is 465 g/mol. The van der Waals surface area contributed by atoms with Gasteiger partial charge in [0.2, 0.25) is 12.3 Å². The molecule has 1 atom stereocenters. The van der Waals surface area contributed by atoms with Gasteiger partial charge < -0.3 is 15.5 Å². The van der Waals surface area contributed by atoms with E-state index in [0.29, 0.717) is 17.5 Å². The van der Waals surface area contributed by atoms with Crippen LogP contribution in [0.25, 0.3) is 11.1 Å². The van der Waals surface area contributed by atoms with Gasteiger partial charge in [-0.3, -0.25) is 9.59 Å². The molecule has 0 bridgehead atoms. The zero-order chi connectivity index (χ0) is 24.3. The van der Waals surface area contributed by atoms with Gasteiger partial charge in [-0.05, 0) is 67.9 Å². The predicted molar refractivity (Wildman–Crippen MR) is 139 cm³/mol. The molecular weight excluding hydrogens is 424 g/mol. The van der Waals surface area contributed by atoms with Crippen LogP contribution in [-0.4, -0.2) is 47.9 Å². The molecule has 1 aromatic heterocycles. The molecule has 4 rings (SSSR count). The summed E-state index contributed by atoms with van der Waals surface area (Å²) in [5, 5.41) is 0. The fourth-order valence-electron chi connectivity index (χ4n) is 5.17. The zero-order valence-electron chi connectivity index (χ0n) is 20.8. The summed E-state index contributed by atoms with van der Waals surface area (Å²) in [6, 6.07) is 11.9. The molecule has 6 nitrogen and oxygen atoms in total. The van der Waals surface area contributed by atoms with Crippen LogP contribution < -0.4 is 10.6 Å². The Labute approximate surface area is 204 Å². The van der Waals surface area contributed by atoms with Gasteiger partial charge in [0.05, 0.1) is 0 Å². The number of hydrogen-bond acceptors (Lipinski definition) is 4. The van der Waals surface area contributed by atoms with Crippen LogP contribution in [0, 0.1) is 5.92 Å². The Balaban J connectivity index is 0.00000158. The molecule has 0 radical (unpaired) electrons.